The normalized spacial score (nSPS) is 15.8. The Morgan fingerprint density at radius 3 is 2.43 bits per heavy atom. The lowest BCUT2D eigenvalue weighted by molar-refractivity contribution is 0.244. The summed E-state index contributed by atoms with van der Waals surface area (Å²) in [5.41, 5.74) is 0.446. The van der Waals surface area contributed by atoms with Crippen LogP contribution in [0.15, 0.2) is 36.4 Å². The number of carbonyl (C=O) groups is 1. The van der Waals surface area contributed by atoms with Gasteiger partial charge < -0.3 is 15.7 Å². The largest absolute Gasteiger partial charge is 0.506 e. The van der Waals surface area contributed by atoms with Crippen LogP contribution in [0.1, 0.15) is 32.1 Å². The lowest BCUT2D eigenvalue weighted by Crippen LogP contribution is -2.39. The molecule has 4 nitrogen and oxygen atoms in total. The van der Waals surface area contributed by atoms with Crippen molar-refractivity contribution in [1.82, 2.24) is 5.32 Å². The molecule has 4 heteroatoms. The molecule has 0 unspecified atom stereocenters. The maximum absolute atomic E-state index is 12.0. The van der Waals surface area contributed by atoms with Crippen LogP contribution in [0.3, 0.4) is 0 Å². The molecule has 3 N–H and O–H groups in total. The fourth-order valence-electron chi connectivity index (χ4n) is 2.92. The van der Waals surface area contributed by atoms with Gasteiger partial charge in [-0.15, -0.1) is 0 Å². The van der Waals surface area contributed by atoms with Gasteiger partial charge in [-0.3, -0.25) is 0 Å². The topological polar surface area (TPSA) is 61.4 Å². The van der Waals surface area contributed by atoms with Crippen LogP contribution in [0.25, 0.3) is 10.8 Å². The minimum absolute atomic E-state index is 0.0903. The maximum Gasteiger partial charge on any atom is 0.319 e. The van der Waals surface area contributed by atoms with Gasteiger partial charge in [0.1, 0.15) is 5.75 Å². The molecule has 0 aromatic heterocycles. The predicted octanol–water partition coefficient (Wildman–Crippen LogP) is 4.00. The zero-order chi connectivity index (χ0) is 14.7. The molecule has 1 aliphatic rings. The quantitative estimate of drug-likeness (QED) is 0.730. The first-order valence-corrected chi connectivity index (χ1v) is 7.51. The highest BCUT2D eigenvalue weighted by molar-refractivity contribution is 5.96. The Balaban J connectivity index is 1.71. The van der Waals surface area contributed by atoms with E-state index in [1.165, 1.54) is 19.3 Å². The molecule has 2 amide bonds. The number of benzene rings is 2. The first-order chi connectivity index (χ1) is 10.2. The summed E-state index contributed by atoms with van der Waals surface area (Å²) in [7, 11) is 0. The second-order valence-electron chi connectivity index (χ2n) is 5.65. The van der Waals surface area contributed by atoms with Crippen molar-refractivity contribution in [3.63, 3.8) is 0 Å². The molecule has 0 heterocycles. The minimum Gasteiger partial charge on any atom is -0.506 e. The van der Waals surface area contributed by atoms with Crippen molar-refractivity contribution in [2.45, 2.75) is 38.1 Å². The Kier molecular flexibility index (Phi) is 3.95. The molecule has 0 atom stereocenters. The van der Waals surface area contributed by atoms with Crippen LogP contribution < -0.4 is 10.6 Å². The number of fused-ring (bicyclic) bond motifs is 1. The van der Waals surface area contributed by atoms with E-state index in [0.29, 0.717) is 5.69 Å². The van der Waals surface area contributed by atoms with Crippen molar-refractivity contribution in [2.75, 3.05) is 5.32 Å². The smallest absolute Gasteiger partial charge is 0.319 e. The van der Waals surface area contributed by atoms with Gasteiger partial charge in [0, 0.05) is 6.04 Å². The second kappa shape index (κ2) is 6.04. The lowest BCUT2D eigenvalue weighted by atomic mass is 9.96. The van der Waals surface area contributed by atoms with E-state index in [1.54, 1.807) is 12.1 Å². The number of urea groups is 1. The highest BCUT2D eigenvalue weighted by Gasteiger charge is 2.16. The summed E-state index contributed by atoms with van der Waals surface area (Å²) in [6, 6.07) is 11.2. The molecule has 1 aliphatic carbocycles. The number of aromatic hydroxyl groups is 1. The molecule has 21 heavy (non-hydrogen) atoms. The summed E-state index contributed by atoms with van der Waals surface area (Å²) in [6.07, 6.45) is 5.68. The highest BCUT2D eigenvalue weighted by atomic mass is 16.3. The lowest BCUT2D eigenvalue weighted by Gasteiger charge is -2.23. The molecule has 3 rings (SSSR count). The molecule has 0 bridgehead atoms. The molecule has 0 saturated heterocycles. The van der Waals surface area contributed by atoms with Crippen molar-refractivity contribution < 1.29 is 9.90 Å². The van der Waals surface area contributed by atoms with Crippen LogP contribution in [0.5, 0.6) is 5.75 Å². The summed E-state index contributed by atoms with van der Waals surface area (Å²) < 4.78 is 0. The van der Waals surface area contributed by atoms with E-state index in [4.69, 9.17) is 0 Å². The van der Waals surface area contributed by atoms with Crippen molar-refractivity contribution in [3.8, 4) is 5.75 Å². The summed E-state index contributed by atoms with van der Waals surface area (Å²) >= 11 is 0. The summed E-state index contributed by atoms with van der Waals surface area (Å²) in [5.74, 6) is 0.0903. The van der Waals surface area contributed by atoms with Crippen molar-refractivity contribution in [3.05, 3.63) is 36.4 Å². The number of phenolic OH excluding ortho intramolecular Hbond substituents is 1. The molecule has 0 aliphatic heterocycles. The van der Waals surface area contributed by atoms with Gasteiger partial charge in [-0.25, -0.2) is 4.79 Å². The van der Waals surface area contributed by atoms with E-state index in [-0.39, 0.29) is 17.8 Å². The molecule has 0 radical (unpaired) electrons. The van der Waals surface area contributed by atoms with Gasteiger partial charge >= 0.3 is 6.03 Å². The number of nitrogens with one attached hydrogen (secondary N) is 2. The predicted molar refractivity (Wildman–Crippen MR) is 84.6 cm³/mol. The SMILES string of the molecule is O=C(Nc1cc2ccccc2cc1O)NC1CCCCC1. The van der Waals surface area contributed by atoms with E-state index in [0.717, 1.165) is 23.6 Å². The van der Waals surface area contributed by atoms with Crippen LogP contribution in [-0.4, -0.2) is 17.2 Å². The van der Waals surface area contributed by atoms with Gasteiger partial charge in [0.2, 0.25) is 0 Å². The third kappa shape index (κ3) is 3.27. The first-order valence-electron chi connectivity index (χ1n) is 7.51. The zero-order valence-corrected chi connectivity index (χ0v) is 11.9. The number of hydrogen-bond acceptors (Lipinski definition) is 2. The molecule has 1 fully saturated rings. The van der Waals surface area contributed by atoms with Crippen LogP contribution in [0.4, 0.5) is 10.5 Å². The maximum atomic E-state index is 12.0. The Morgan fingerprint density at radius 2 is 1.71 bits per heavy atom. The number of anilines is 1. The molecular formula is C17H20N2O2. The Labute approximate surface area is 124 Å². The van der Waals surface area contributed by atoms with Crippen LogP contribution in [0.2, 0.25) is 0 Å². The summed E-state index contributed by atoms with van der Waals surface area (Å²) in [5, 5.41) is 17.7. The second-order valence-corrected chi connectivity index (χ2v) is 5.65. The van der Waals surface area contributed by atoms with Gasteiger partial charge in [-0.05, 0) is 35.7 Å². The van der Waals surface area contributed by atoms with E-state index >= 15 is 0 Å². The molecule has 2 aromatic rings. The molecular weight excluding hydrogens is 264 g/mol. The van der Waals surface area contributed by atoms with Gasteiger partial charge in [-0.2, -0.15) is 0 Å². The van der Waals surface area contributed by atoms with Crippen LogP contribution in [-0.2, 0) is 0 Å². The molecule has 2 aromatic carbocycles. The first kappa shape index (κ1) is 13.7. The Bertz CT molecular complexity index is 648. The van der Waals surface area contributed by atoms with E-state index in [2.05, 4.69) is 10.6 Å². The van der Waals surface area contributed by atoms with E-state index in [9.17, 15) is 9.90 Å². The standard InChI is InChI=1S/C17H20N2O2/c20-16-11-13-7-5-4-6-12(13)10-15(16)19-17(21)18-14-8-2-1-3-9-14/h4-7,10-11,14,20H,1-3,8-9H2,(H2,18,19,21). The number of carbonyl (C=O) groups excluding carboxylic acids is 1. The summed E-state index contributed by atoms with van der Waals surface area (Å²) in [4.78, 5) is 12.0. The molecule has 1 saturated carbocycles. The summed E-state index contributed by atoms with van der Waals surface area (Å²) in [6.45, 7) is 0. The number of amides is 2. The van der Waals surface area contributed by atoms with Gasteiger partial charge in [-0.1, -0.05) is 43.5 Å². The van der Waals surface area contributed by atoms with Crippen molar-refractivity contribution in [1.29, 1.82) is 0 Å². The van der Waals surface area contributed by atoms with Crippen LogP contribution >= 0.6 is 0 Å². The third-order valence-electron chi connectivity index (χ3n) is 4.05. The minimum atomic E-state index is -0.243. The average molecular weight is 284 g/mol. The van der Waals surface area contributed by atoms with Gasteiger partial charge in [0.15, 0.2) is 0 Å². The Morgan fingerprint density at radius 1 is 1.05 bits per heavy atom. The van der Waals surface area contributed by atoms with Crippen LogP contribution in [0, 0.1) is 0 Å². The Hall–Kier alpha value is -2.23. The number of rotatable bonds is 2. The van der Waals surface area contributed by atoms with Gasteiger partial charge in [0.05, 0.1) is 5.69 Å². The molecule has 110 valence electrons. The van der Waals surface area contributed by atoms with E-state index < -0.39 is 0 Å². The third-order valence-corrected chi connectivity index (χ3v) is 4.05. The fourth-order valence-corrected chi connectivity index (χ4v) is 2.92. The average Bonchev–Trinajstić information content (AvgIpc) is 2.49. The molecule has 0 spiro atoms. The monoisotopic (exact) mass is 284 g/mol. The zero-order valence-electron chi connectivity index (χ0n) is 11.9. The van der Waals surface area contributed by atoms with Gasteiger partial charge in [0.25, 0.3) is 0 Å². The van der Waals surface area contributed by atoms with Crippen molar-refractivity contribution in [2.24, 2.45) is 0 Å². The highest BCUT2D eigenvalue weighted by Crippen LogP contribution is 2.29. The van der Waals surface area contributed by atoms with E-state index in [1.807, 2.05) is 24.3 Å². The number of hydrogen-bond donors (Lipinski definition) is 3. The fraction of sp³-hybridized carbons (Fsp3) is 0.353. The van der Waals surface area contributed by atoms with Crippen molar-refractivity contribution >= 4 is 22.5 Å². The number of phenols is 1.